The van der Waals surface area contributed by atoms with Crippen molar-refractivity contribution in [3.05, 3.63) is 57.2 Å². The van der Waals surface area contributed by atoms with E-state index in [0.29, 0.717) is 6.42 Å². The average Bonchev–Trinajstić information content (AvgIpc) is 2.96. The van der Waals surface area contributed by atoms with Gasteiger partial charge >= 0.3 is 0 Å². The summed E-state index contributed by atoms with van der Waals surface area (Å²) in [5.74, 6) is 0.189. The van der Waals surface area contributed by atoms with Gasteiger partial charge in [0.15, 0.2) is 5.78 Å². The van der Waals surface area contributed by atoms with Crippen molar-refractivity contribution in [3.8, 4) is 0 Å². The first kappa shape index (κ1) is 12.1. The first-order valence-electron chi connectivity index (χ1n) is 6.02. The molecule has 0 saturated heterocycles. The molecule has 0 radical (unpaired) electrons. The summed E-state index contributed by atoms with van der Waals surface area (Å²) >= 11 is 2.26. The van der Waals surface area contributed by atoms with E-state index in [2.05, 4.69) is 41.3 Å². The topological polar surface area (TPSA) is 26.3 Å². The number of Topliss-reactive ketones (excluding diaryl/α,β-unsaturated/α-hetero) is 1. The Labute approximate surface area is 120 Å². The summed E-state index contributed by atoms with van der Waals surface area (Å²) in [6, 6.07) is 4.09. The molecule has 2 heterocycles. The summed E-state index contributed by atoms with van der Waals surface area (Å²) < 4.78 is 6.90. The van der Waals surface area contributed by atoms with Crippen LogP contribution >= 0.6 is 22.6 Å². The summed E-state index contributed by atoms with van der Waals surface area (Å²) in [6.07, 6.45) is 7.18. The second-order valence-electron chi connectivity index (χ2n) is 4.57. The largest absolute Gasteiger partial charge is 0.357 e. The summed E-state index contributed by atoms with van der Waals surface area (Å²) in [5, 5.41) is 0. The molecule has 2 atom stereocenters. The molecule has 92 valence electrons. The number of hydrogen-bond acceptors (Lipinski definition) is 2. The molecule has 1 aromatic carbocycles. The van der Waals surface area contributed by atoms with Gasteiger partial charge in [0.05, 0.1) is 0 Å². The normalized spacial score (nSPS) is 23.2. The zero-order chi connectivity index (χ0) is 12.7. The minimum Gasteiger partial charge on any atom is -0.357 e. The van der Waals surface area contributed by atoms with Crippen LogP contribution in [-0.4, -0.2) is 5.78 Å². The second-order valence-corrected chi connectivity index (χ2v) is 5.81. The van der Waals surface area contributed by atoms with E-state index in [1.165, 1.54) is 0 Å². The summed E-state index contributed by atoms with van der Waals surface area (Å²) in [5.41, 5.74) is 3.07. The lowest BCUT2D eigenvalue weighted by Gasteiger charge is -2.13. The highest BCUT2D eigenvalue weighted by Gasteiger charge is 2.36. The number of carbonyl (C=O) groups is 1. The van der Waals surface area contributed by atoms with Crippen LogP contribution in [0.1, 0.15) is 46.5 Å². The van der Waals surface area contributed by atoms with E-state index in [0.717, 1.165) is 26.7 Å². The third-order valence-corrected chi connectivity index (χ3v) is 4.02. The second kappa shape index (κ2) is 4.63. The van der Waals surface area contributed by atoms with Crippen LogP contribution in [0.3, 0.4) is 0 Å². The maximum atomic E-state index is 12.3. The van der Waals surface area contributed by atoms with E-state index in [9.17, 15) is 4.79 Å². The Hall–Kier alpha value is -0.940. The van der Waals surface area contributed by atoms with Crippen molar-refractivity contribution in [2.24, 2.45) is 0 Å². The van der Waals surface area contributed by atoms with E-state index in [1.54, 1.807) is 6.08 Å². The van der Waals surface area contributed by atoms with Crippen LogP contribution in [0.4, 0.5) is 0 Å². The molecule has 0 saturated carbocycles. The van der Waals surface area contributed by atoms with Crippen molar-refractivity contribution in [2.75, 3.05) is 0 Å². The molecule has 18 heavy (non-hydrogen) atoms. The first-order valence-corrected chi connectivity index (χ1v) is 7.10. The third-order valence-electron chi connectivity index (χ3n) is 3.40. The Bertz CT molecular complexity index is 560. The summed E-state index contributed by atoms with van der Waals surface area (Å²) in [4.78, 5) is 12.3. The molecule has 2 aliphatic rings. The Kier molecular flexibility index (Phi) is 3.11. The monoisotopic (exact) mass is 352 g/mol. The van der Waals surface area contributed by atoms with Crippen LogP contribution < -0.4 is 0 Å². The molecule has 3 heteroatoms. The van der Waals surface area contributed by atoms with Crippen LogP contribution in [0.2, 0.25) is 0 Å². The Morgan fingerprint density at radius 3 is 2.94 bits per heavy atom. The van der Waals surface area contributed by atoms with Crippen molar-refractivity contribution in [3.63, 3.8) is 0 Å². The summed E-state index contributed by atoms with van der Waals surface area (Å²) in [7, 11) is 0. The predicted octanol–water partition coefficient (Wildman–Crippen LogP) is 4.12. The lowest BCUT2D eigenvalue weighted by molar-refractivity contribution is 0.0861. The molecule has 0 unspecified atom stereocenters. The van der Waals surface area contributed by atoms with Crippen molar-refractivity contribution >= 4 is 28.4 Å². The molecule has 2 aliphatic heterocycles. The first-order chi connectivity index (χ1) is 8.70. The molecule has 3 rings (SSSR count). The lowest BCUT2D eigenvalue weighted by atomic mass is 9.89. The van der Waals surface area contributed by atoms with Gasteiger partial charge in [-0.2, -0.15) is 0 Å². The Morgan fingerprint density at radius 2 is 2.17 bits per heavy atom. The highest BCUT2D eigenvalue weighted by Crippen LogP contribution is 2.47. The van der Waals surface area contributed by atoms with Crippen LogP contribution in [0, 0.1) is 3.57 Å². The molecule has 1 aromatic rings. The van der Waals surface area contributed by atoms with Gasteiger partial charge in [0, 0.05) is 21.1 Å². The number of ether oxygens (including phenoxy) is 1. The Morgan fingerprint density at radius 1 is 1.39 bits per heavy atom. The number of allylic oxidation sites excluding steroid dienone is 1. The molecule has 2 nitrogen and oxygen atoms in total. The van der Waals surface area contributed by atoms with Crippen LogP contribution in [0.25, 0.3) is 0 Å². The molecule has 0 aromatic heterocycles. The molecule has 0 N–H and O–H groups in total. The molecular formula is C15H13IO2. The van der Waals surface area contributed by atoms with Gasteiger partial charge in [0.2, 0.25) is 0 Å². The molecule has 0 spiro atoms. The number of halogens is 1. The van der Waals surface area contributed by atoms with Crippen molar-refractivity contribution in [1.82, 2.24) is 0 Å². The minimum atomic E-state index is -0.0234. The van der Waals surface area contributed by atoms with Gasteiger partial charge in [-0.05, 0) is 46.7 Å². The highest BCUT2D eigenvalue weighted by atomic mass is 127. The van der Waals surface area contributed by atoms with Gasteiger partial charge in [-0.15, -0.1) is 6.58 Å². The van der Waals surface area contributed by atoms with Gasteiger partial charge in [-0.3, -0.25) is 4.79 Å². The molecule has 0 fully saturated rings. The maximum Gasteiger partial charge on any atom is 0.163 e. The number of fused-ring (bicyclic) bond motifs is 5. The molecular weight excluding hydrogens is 339 g/mol. The number of ketones is 1. The van der Waals surface area contributed by atoms with Crippen molar-refractivity contribution in [2.45, 2.75) is 25.0 Å². The standard InChI is InChI=1S/C15H13IO2/c1-2-3-4-12(17)10-7-9(16)8-11-13-5-6-14(18-13)15(10)11/h2,5-8,13-14H,1,3-4H2/t13-,14+/m1/s1. The van der Waals surface area contributed by atoms with E-state index in [4.69, 9.17) is 4.74 Å². The molecule has 2 bridgehead atoms. The van der Waals surface area contributed by atoms with Gasteiger partial charge in [0.1, 0.15) is 12.2 Å². The fourth-order valence-corrected chi connectivity index (χ4v) is 3.23. The smallest absolute Gasteiger partial charge is 0.163 e. The average molecular weight is 352 g/mol. The number of benzene rings is 1. The van der Waals surface area contributed by atoms with E-state index >= 15 is 0 Å². The van der Waals surface area contributed by atoms with Crippen molar-refractivity contribution < 1.29 is 9.53 Å². The van der Waals surface area contributed by atoms with Gasteiger partial charge < -0.3 is 4.74 Å². The van der Waals surface area contributed by atoms with Crippen LogP contribution in [0.15, 0.2) is 36.9 Å². The highest BCUT2D eigenvalue weighted by molar-refractivity contribution is 14.1. The fourth-order valence-electron chi connectivity index (χ4n) is 2.58. The zero-order valence-electron chi connectivity index (χ0n) is 9.86. The number of carbonyl (C=O) groups excluding carboxylic acids is 1. The molecule has 0 amide bonds. The van der Waals surface area contributed by atoms with Crippen LogP contribution in [-0.2, 0) is 4.74 Å². The SMILES string of the molecule is C=CCCC(=O)c1cc(I)cc2c1[C@@H]1C=C[C@H]2O1. The Balaban J connectivity index is 2.04. The summed E-state index contributed by atoms with van der Waals surface area (Å²) in [6.45, 7) is 3.66. The van der Waals surface area contributed by atoms with Gasteiger partial charge in [0.25, 0.3) is 0 Å². The van der Waals surface area contributed by atoms with Gasteiger partial charge in [-0.1, -0.05) is 18.2 Å². The fraction of sp³-hybridized carbons (Fsp3) is 0.267. The zero-order valence-corrected chi connectivity index (χ0v) is 12.0. The van der Waals surface area contributed by atoms with E-state index in [1.807, 2.05) is 12.1 Å². The maximum absolute atomic E-state index is 12.3. The van der Waals surface area contributed by atoms with Crippen LogP contribution in [0.5, 0.6) is 0 Å². The van der Waals surface area contributed by atoms with E-state index in [-0.39, 0.29) is 18.0 Å². The van der Waals surface area contributed by atoms with E-state index < -0.39 is 0 Å². The quantitative estimate of drug-likeness (QED) is 0.463. The third kappa shape index (κ3) is 1.86. The van der Waals surface area contributed by atoms with Gasteiger partial charge in [-0.25, -0.2) is 0 Å². The predicted molar refractivity (Wildman–Crippen MR) is 78.6 cm³/mol. The number of rotatable bonds is 4. The minimum absolute atomic E-state index is 0.0234. The van der Waals surface area contributed by atoms with Crippen molar-refractivity contribution in [1.29, 1.82) is 0 Å². The lowest BCUT2D eigenvalue weighted by Crippen LogP contribution is -2.07. The number of hydrogen-bond donors (Lipinski definition) is 0. The molecule has 0 aliphatic carbocycles.